The number of amides is 1. The zero-order valence-corrected chi connectivity index (χ0v) is 14.4. The first-order valence-corrected chi connectivity index (χ1v) is 8.55. The maximum Gasteiger partial charge on any atom is 0.271 e. The average Bonchev–Trinajstić information content (AvgIpc) is 2.60. The van der Waals surface area contributed by atoms with Gasteiger partial charge in [0, 0.05) is 25.9 Å². The predicted molar refractivity (Wildman–Crippen MR) is 91.2 cm³/mol. The van der Waals surface area contributed by atoms with E-state index < -0.39 is 15.9 Å². The lowest BCUT2D eigenvalue weighted by Gasteiger charge is -2.11. The van der Waals surface area contributed by atoms with Crippen molar-refractivity contribution in [1.29, 1.82) is 0 Å². The van der Waals surface area contributed by atoms with Crippen LogP contribution in [0.1, 0.15) is 23.0 Å². The molecule has 0 saturated carbocycles. The minimum Gasteiger partial charge on any atom is -0.267 e. The summed E-state index contributed by atoms with van der Waals surface area (Å²) in [5.74, 6) is -0.499. The van der Waals surface area contributed by atoms with Crippen molar-refractivity contribution < 1.29 is 13.2 Å². The van der Waals surface area contributed by atoms with E-state index in [-0.39, 0.29) is 10.5 Å². The maximum atomic E-state index is 12.2. The first-order chi connectivity index (χ1) is 11.3. The van der Waals surface area contributed by atoms with Gasteiger partial charge in [-0.1, -0.05) is 12.1 Å². The van der Waals surface area contributed by atoms with Crippen LogP contribution in [0.2, 0.25) is 0 Å². The lowest BCUT2D eigenvalue weighted by Crippen LogP contribution is -2.23. The molecule has 1 amide bonds. The Morgan fingerprint density at radius 2 is 1.92 bits per heavy atom. The highest BCUT2D eigenvalue weighted by Gasteiger charge is 2.18. The Morgan fingerprint density at radius 1 is 1.17 bits per heavy atom. The normalized spacial score (nSPS) is 12.2. The Hall–Kier alpha value is -2.58. The summed E-state index contributed by atoms with van der Waals surface area (Å²) >= 11 is 0. The number of hydrogen-bond donors (Lipinski definition) is 1. The van der Waals surface area contributed by atoms with Crippen LogP contribution in [-0.2, 0) is 10.0 Å². The van der Waals surface area contributed by atoms with E-state index >= 15 is 0 Å². The number of hydrazone groups is 1. The van der Waals surface area contributed by atoms with Gasteiger partial charge in [0.25, 0.3) is 5.91 Å². The lowest BCUT2D eigenvalue weighted by molar-refractivity contribution is 0.0954. The summed E-state index contributed by atoms with van der Waals surface area (Å²) in [6, 6.07) is 11.2. The van der Waals surface area contributed by atoms with Crippen molar-refractivity contribution in [2.75, 3.05) is 14.1 Å². The second kappa shape index (κ2) is 7.33. The van der Waals surface area contributed by atoms with Crippen LogP contribution in [0, 0.1) is 0 Å². The van der Waals surface area contributed by atoms with Crippen LogP contribution in [0.15, 0.2) is 58.7 Å². The Bertz CT molecular complexity index is 862. The highest BCUT2D eigenvalue weighted by atomic mass is 32.2. The first-order valence-electron chi connectivity index (χ1n) is 7.11. The van der Waals surface area contributed by atoms with E-state index in [2.05, 4.69) is 15.5 Å². The molecule has 2 aromatic rings. The van der Waals surface area contributed by atoms with Crippen LogP contribution in [0.5, 0.6) is 0 Å². The molecule has 0 aliphatic rings. The largest absolute Gasteiger partial charge is 0.271 e. The number of rotatable bonds is 5. The van der Waals surface area contributed by atoms with Gasteiger partial charge in [-0.2, -0.15) is 5.10 Å². The summed E-state index contributed by atoms with van der Waals surface area (Å²) in [5, 5.41) is 3.99. The number of hydrogen-bond acceptors (Lipinski definition) is 5. The van der Waals surface area contributed by atoms with E-state index in [1.807, 2.05) is 6.07 Å². The lowest BCUT2D eigenvalue weighted by atomic mass is 10.2. The van der Waals surface area contributed by atoms with Crippen molar-refractivity contribution in [1.82, 2.24) is 14.7 Å². The molecule has 1 aromatic carbocycles. The SMILES string of the molecule is C/C(=N/NC(=O)c1cccc(S(=O)(=O)N(C)C)c1)c1ccccn1. The van der Waals surface area contributed by atoms with Gasteiger partial charge in [0.1, 0.15) is 0 Å². The van der Waals surface area contributed by atoms with Crippen molar-refractivity contribution in [2.45, 2.75) is 11.8 Å². The molecule has 8 heteroatoms. The zero-order valence-electron chi connectivity index (χ0n) is 13.6. The molecule has 0 radical (unpaired) electrons. The van der Waals surface area contributed by atoms with Gasteiger partial charge < -0.3 is 0 Å². The van der Waals surface area contributed by atoms with E-state index in [0.717, 1.165) is 4.31 Å². The molecule has 0 unspecified atom stereocenters. The minimum atomic E-state index is -3.60. The predicted octanol–water partition coefficient (Wildman–Crippen LogP) is 1.49. The molecule has 0 spiro atoms. The number of nitrogens with one attached hydrogen (secondary N) is 1. The van der Waals surface area contributed by atoms with Crippen LogP contribution in [-0.4, -0.2) is 43.4 Å². The standard InChI is InChI=1S/C16H18N4O3S/c1-12(15-9-4-5-10-17-15)18-19-16(21)13-7-6-8-14(11-13)24(22,23)20(2)3/h4-11H,1-3H3,(H,19,21)/b18-12-. The van der Waals surface area contributed by atoms with Gasteiger partial charge in [-0.15, -0.1) is 0 Å². The number of carbonyl (C=O) groups excluding carboxylic acids is 1. The Kier molecular flexibility index (Phi) is 5.42. The molecule has 7 nitrogen and oxygen atoms in total. The smallest absolute Gasteiger partial charge is 0.267 e. The zero-order chi connectivity index (χ0) is 17.7. The highest BCUT2D eigenvalue weighted by Crippen LogP contribution is 2.14. The van der Waals surface area contributed by atoms with E-state index in [1.165, 1.54) is 38.4 Å². The third-order valence-corrected chi connectivity index (χ3v) is 5.05. The van der Waals surface area contributed by atoms with Crippen LogP contribution in [0.4, 0.5) is 0 Å². The Labute approximate surface area is 141 Å². The number of sulfonamides is 1. The van der Waals surface area contributed by atoms with Crippen molar-refractivity contribution in [3.05, 3.63) is 59.9 Å². The van der Waals surface area contributed by atoms with Crippen molar-refractivity contribution in [3.63, 3.8) is 0 Å². The van der Waals surface area contributed by atoms with Crippen LogP contribution in [0.3, 0.4) is 0 Å². The average molecular weight is 346 g/mol. The highest BCUT2D eigenvalue weighted by molar-refractivity contribution is 7.89. The van der Waals surface area contributed by atoms with Crippen molar-refractivity contribution in [3.8, 4) is 0 Å². The molecule has 0 aliphatic heterocycles. The molecule has 0 aliphatic carbocycles. The number of pyridine rings is 1. The summed E-state index contributed by atoms with van der Waals surface area (Å²) in [6.45, 7) is 1.72. The molecule has 0 saturated heterocycles. The van der Waals surface area contributed by atoms with Crippen LogP contribution in [0.25, 0.3) is 0 Å². The molecule has 1 heterocycles. The fourth-order valence-electron chi connectivity index (χ4n) is 1.84. The second-order valence-corrected chi connectivity index (χ2v) is 7.32. The third kappa shape index (κ3) is 4.03. The topological polar surface area (TPSA) is 91.7 Å². The van der Waals surface area contributed by atoms with Crippen molar-refractivity contribution >= 4 is 21.6 Å². The molecule has 0 bridgehead atoms. The summed E-state index contributed by atoms with van der Waals surface area (Å²) in [6.07, 6.45) is 1.63. The summed E-state index contributed by atoms with van der Waals surface area (Å²) < 4.78 is 25.3. The fraction of sp³-hybridized carbons (Fsp3) is 0.188. The van der Waals surface area contributed by atoms with E-state index in [1.54, 1.807) is 25.3 Å². The first kappa shape index (κ1) is 17.8. The van der Waals surface area contributed by atoms with Gasteiger partial charge in [0.15, 0.2) is 0 Å². The van der Waals surface area contributed by atoms with Gasteiger partial charge >= 0.3 is 0 Å². The van der Waals surface area contributed by atoms with Gasteiger partial charge in [0.05, 0.1) is 16.3 Å². The van der Waals surface area contributed by atoms with Gasteiger partial charge in [0.2, 0.25) is 10.0 Å². The van der Waals surface area contributed by atoms with Gasteiger partial charge in [-0.05, 0) is 37.3 Å². The maximum absolute atomic E-state index is 12.2. The molecular weight excluding hydrogens is 328 g/mol. The molecule has 126 valence electrons. The second-order valence-electron chi connectivity index (χ2n) is 5.17. The summed E-state index contributed by atoms with van der Waals surface area (Å²) in [7, 11) is -0.733. The Morgan fingerprint density at radius 3 is 2.54 bits per heavy atom. The van der Waals surface area contributed by atoms with Crippen LogP contribution < -0.4 is 5.43 Å². The quantitative estimate of drug-likeness (QED) is 0.656. The number of aromatic nitrogens is 1. The number of carbonyl (C=O) groups is 1. The van der Waals surface area contributed by atoms with Gasteiger partial charge in [-0.25, -0.2) is 18.1 Å². The number of nitrogens with zero attached hydrogens (tertiary/aromatic N) is 3. The number of benzene rings is 1. The monoisotopic (exact) mass is 346 g/mol. The molecule has 24 heavy (non-hydrogen) atoms. The molecule has 2 rings (SSSR count). The Balaban J connectivity index is 2.19. The molecule has 1 N–H and O–H groups in total. The van der Waals surface area contributed by atoms with Gasteiger partial charge in [-0.3, -0.25) is 9.78 Å². The molecule has 0 fully saturated rings. The van der Waals surface area contributed by atoms with E-state index in [9.17, 15) is 13.2 Å². The minimum absolute atomic E-state index is 0.0468. The molecular formula is C16H18N4O3S. The van der Waals surface area contributed by atoms with Crippen LogP contribution >= 0.6 is 0 Å². The molecule has 0 atom stereocenters. The third-order valence-electron chi connectivity index (χ3n) is 3.24. The summed E-state index contributed by atoms with van der Waals surface area (Å²) in [4.78, 5) is 16.4. The summed E-state index contributed by atoms with van der Waals surface area (Å²) in [5.41, 5.74) is 3.79. The van der Waals surface area contributed by atoms with E-state index in [0.29, 0.717) is 11.4 Å². The van der Waals surface area contributed by atoms with Crippen molar-refractivity contribution in [2.24, 2.45) is 5.10 Å². The molecule has 1 aromatic heterocycles. The van der Waals surface area contributed by atoms with E-state index in [4.69, 9.17) is 0 Å². The fourth-order valence-corrected chi connectivity index (χ4v) is 2.79.